The van der Waals surface area contributed by atoms with Gasteiger partial charge in [-0.05, 0) is 35.6 Å². The van der Waals surface area contributed by atoms with E-state index in [2.05, 4.69) is 12.1 Å². The molecular weight excluding hydrogens is 268 g/mol. The van der Waals surface area contributed by atoms with Gasteiger partial charge in [0.15, 0.2) is 0 Å². The monoisotopic (exact) mass is 282 g/mol. The van der Waals surface area contributed by atoms with Gasteiger partial charge in [0.25, 0.3) is 0 Å². The van der Waals surface area contributed by atoms with E-state index in [0.29, 0.717) is 8.58 Å². The van der Waals surface area contributed by atoms with E-state index in [4.69, 9.17) is 0 Å². The Bertz CT molecular complexity index is 503. The molecule has 0 amide bonds. The molecule has 0 N–H and O–H groups in total. The van der Waals surface area contributed by atoms with Crippen LogP contribution in [0.25, 0.3) is 0 Å². The van der Waals surface area contributed by atoms with Gasteiger partial charge in [-0.2, -0.15) is 13.2 Å². The Morgan fingerprint density at radius 1 is 0.842 bits per heavy atom. The van der Waals surface area contributed by atoms with E-state index in [1.54, 1.807) is 12.1 Å². The van der Waals surface area contributed by atoms with Crippen molar-refractivity contribution in [2.75, 3.05) is 6.16 Å². The van der Waals surface area contributed by atoms with E-state index in [1.807, 2.05) is 18.2 Å². The molecule has 0 saturated carbocycles. The predicted octanol–water partition coefficient (Wildman–Crippen LogP) is 4.25. The van der Waals surface area contributed by atoms with Crippen molar-refractivity contribution in [2.45, 2.75) is 12.6 Å². The lowest BCUT2D eigenvalue weighted by molar-refractivity contribution is -0.137. The molecule has 2 aromatic carbocycles. The number of hydrogen-bond donors (Lipinski definition) is 0. The number of rotatable bonds is 4. The second kappa shape index (κ2) is 6.21. The lowest BCUT2D eigenvalue weighted by Gasteiger charge is -2.07. The smallest absolute Gasteiger partial charge is 0.166 e. The van der Waals surface area contributed by atoms with Crippen LogP contribution < -0.4 is 5.30 Å². The van der Waals surface area contributed by atoms with Crippen LogP contribution in [0.4, 0.5) is 13.2 Å². The zero-order chi connectivity index (χ0) is 13.7. The van der Waals surface area contributed by atoms with Crippen molar-refractivity contribution >= 4 is 13.9 Å². The minimum atomic E-state index is -4.25. The molecule has 2 aromatic rings. The Kier molecular flexibility index (Phi) is 4.60. The molecule has 0 radical (unpaired) electrons. The molecule has 19 heavy (non-hydrogen) atoms. The minimum absolute atomic E-state index is 0.582. The first-order valence-electron chi connectivity index (χ1n) is 6.01. The Hall–Kier alpha value is -1.34. The van der Waals surface area contributed by atoms with E-state index in [-0.39, 0.29) is 0 Å². The van der Waals surface area contributed by atoms with Gasteiger partial charge in [0.2, 0.25) is 0 Å². The Balaban J connectivity index is 1.87. The summed E-state index contributed by atoms with van der Waals surface area (Å²) >= 11 is 0. The summed E-state index contributed by atoms with van der Waals surface area (Å²) in [6.45, 7) is 0. The fraction of sp³-hybridized carbons (Fsp3) is 0.200. The molecule has 0 bridgehead atoms. The highest BCUT2D eigenvalue weighted by Gasteiger charge is 2.29. The molecule has 0 aliphatic heterocycles. The second-order valence-corrected chi connectivity index (χ2v) is 5.67. The standard InChI is InChI=1S/C15H14F3P/c16-15(17,18)13-8-6-12(7-9-13)10-11-19-14-4-2-1-3-5-14/h1-9,19H,10-11H2. The minimum Gasteiger partial charge on any atom is -0.166 e. The number of alkyl halides is 3. The van der Waals surface area contributed by atoms with Gasteiger partial charge in [0.1, 0.15) is 0 Å². The van der Waals surface area contributed by atoms with E-state index >= 15 is 0 Å². The summed E-state index contributed by atoms with van der Waals surface area (Å²) in [4.78, 5) is 0. The average Bonchev–Trinajstić information content (AvgIpc) is 2.39. The second-order valence-electron chi connectivity index (χ2n) is 4.24. The molecule has 0 aromatic heterocycles. The van der Waals surface area contributed by atoms with Crippen molar-refractivity contribution in [1.82, 2.24) is 0 Å². The zero-order valence-corrected chi connectivity index (χ0v) is 11.2. The first kappa shape index (κ1) is 14.1. The quantitative estimate of drug-likeness (QED) is 0.735. The van der Waals surface area contributed by atoms with Crippen LogP contribution in [0.1, 0.15) is 11.1 Å². The Morgan fingerprint density at radius 2 is 1.47 bits per heavy atom. The topological polar surface area (TPSA) is 0 Å². The lowest BCUT2D eigenvalue weighted by Crippen LogP contribution is -2.04. The van der Waals surface area contributed by atoms with Gasteiger partial charge in [-0.15, -0.1) is 0 Å². The molecule has 0 nitrogen and oxygen atoms in total. The van der Waals surface area contributed by atoms with Crippen LogP contribution >= 0.6 is 8.58 Å². The van der Waals surface area contributed by atoms with Gasteiger partial charge in [-0.1, -0.05) is 51.0 Å². The van der Waals surface area contributed by atoms with Crippen LogP contribution in [-0.2, 0) is 12.6 Å². The van der Waals surface area contributed by atoms with Crippen molar-refractivity contribution in [3.63, 3.8) is 0 Å². The van der Waals surface area contributed by atoms with E-state index in [0.717, 1.165) is 30.3 Å². The molecule has 100 valence electrons. The third-order valence-electron chi connectivity index (χ3n) is 2.80. The van der Waals surface area contributed by atoms with E-state index in [1.165, 1.54) is 5.30 Å². The molecule has 0 saturated heterocycles. The molecule has 2 rings (SSSR count). The fourth-order valence-electron chi connectivity index (χ4n) is 1.77. The van der Waals surface area contributed by atoms with Crippen molar-refractivity contribution in [2.24, 2.45) is 0 Å². The fourth-order valence-corrected chi connectivity index (χ4v) is 2.90. The molecule has 0 heterocycles. The predicted molar refractivity (Wildman–Crippen MR) is 74.4 cm³/mol. The maximum absolute atomic E-state index is 12.4. The molecule has 1 unspecified atom stereocenters. The molecule has 0 aliphatic carbocycles. The van der Waals surface area contributed by atoms with Crippen LogP contribution in [0, 0.1) is 0 Å². The highest BCUT2D eigenvalue weighted by molar-refractivity contribution is 7.47. The molecular formula is C15H14F3P. The Morgan fingerprint density at radius 3 is 2.05 bits per heavy atom. The molecule has 4 heteroatoms. The van der Waals surface area contributed by atoms with Crippen molar-refractivity contribution < 1.29 is 13.2 Å². The van der Waals surface area contributed by atoms with Gasteiger partial charge < -0.3 is 0 Å². The molecule has 0 fully saturated rings. The summed E-state index contributed by atoms with van der Waals surface area (Å²) in [5.74, 6) is 0. The maximum atomic E-state index is 12.4. The van der Waals surface area contributed by atoms with Crippen LogP contribution in [-0.4, -0.2) is 6.16 Å². The van der Waals surface area contributed by atoms with Crippen molar-refractivity contribution in [1.29, 1.82) is 0 Å². The van der Waals surface area contributed by atoms with Crippen LogP contribution in [0.3, 0.4) is 0 Å². The Labute approximate surface area is 112 Å². The summed E-state index contributed by atoms with van der Waals surface area (Å²) in [6, 6.07) is 15.6. The van der Waals surface area contributed by atoms with Crippen LogP contribution in [0.15, 0.2) is 54.6 Å². The van der Waals surface area contributed by atoms with Crippen LogP contribution in [0.2, 0.25) is 0 Å². The van der Waals surface area contributed by atoms with Gasteiger partial charge in [-0.3, -0.25) is 0 Å². The van der Waals surface area contributed by atoms with Gasteiger partial charge in [0, 0.05) is 0 Å². The molecule has 1 atom stereocenters. The number of hydrogen-bond acceptors (Lipinski definition) is 0. The number of halogens is 3. The summed E-state index contributed by atoms with van der Waals surface area (Å²) < 4.78 is 37.2. The zero-order valence-electron chi connectivity index (χ0n) is 10.2. The SMILES string of the molecule is FC(F)(F)c1ccc(CCPc2ccccc2)cc1. The summed E-state index contributed by atoms with van der Waals surface area (Å²) in [5, 5.41) is 1.29. The van der Waals surface area contributed by atoms with Gasteiger partial charge >= 0.3 is 6.18 Å². The summed E-state index contributed by atoms with van der Waals surface area (Å²) in [6.07, 6.45) is -2.47. The first-order valence-corrected chi connectivity index (χ1v) is 7.21. The van der Waals surface area contributed by atoms with Crippen molar-refractivity contribution in [3.8, 4) is 0 Å². The summed E-state index contributed by atoms with van der Waals surface area (Å²) in [5.41, 5.74) is 0.373. The number of aryl methyl sites for hydroxylation is 1. The van der Waals surface area contributed by atoms with Crippen molar-refractivity contribution in [3.05, 3.63) is 65.7 Å². The van der Waals surface area contributed by atoms with E-state index < -0.39 is 11.7 Å². The third-order valence-corrected chi connectivity index (χ3v) is 4.04. The highest BCUT2D eigenvalue weighted by Crippen LogP contribution is 2.29. The normalized spacial score (nSPS) is 12.2. The largest absolute Gasteiger partial charge is 0.416 e. The first-order chi connectivity index (χ1) is 9.05. The van der Waals surface area contributed by atoms with Crippen LogP contribution in [0.5, 0.6) is 0 Å². The highest BCUT2D eigenvalue weighted by atomic mass is 31.1. The summed E-state index contributed by atoms with van der Waals surface area (Å²) in [7, 11) is 0.694. The molecule has 0 spiro atoms. The van der Waals surface area contributed by atoms with Gasteiger partial charge in [-0.25, -0.2) is 0 Å². The maximum Gasteiger partial charge on any atom is 0.416 e. The molecule has 0 aliphatic rings. The lowest BCUT2D eigenvalue weighted by atomic mass is 10.1. The van der Waals surface area contributed by atoms with Gasteiger partial charge in [0.05, 0.1) is 5.56 Å². The number of benzene rings is 2. The van der Waals surface area contributed by atoms with E-state index in [9.17, 15) is 13.2 Å². The third kappa shape index (κ3) is 4.36. The average molecular weight is 282 g/mol.